The molecule has 168 valence electrons. The van der Waals surface area contributed by atoms with E-state index < -0.39 is 15.9 Å². The van der Waals surface area contributed by atoms with E-state index in [0.717, 1.165) is 28.3 Å². The van der Waals surface area contributed by atoms with Gasteiger partial charge in [0.1, 0.15) is 5.75 Å². The molecule has 2 aliphatic rings. The second-order valence-corrected chi connectivity index (χ2v) is 10.4. The van der Waals surface area contributed by atoms with Gasteiger partial charge in [0.25, 0.3) is 10.0 Å². The third-order valence-corrected chi connectivity index (χ3v) is 8.37. The maximum Gasteiger partial charge on any atom is 0.266 e. The summed E-state index contributed by atoms with van der Waals surface area (Å²) in [6, 6.07) is 14.3. The Labute approximate surface area is 190 Å². The first-order valence-corrected chi connectivity index (χ1v) is 12.5. The van der Waals surface area contributed by atoms with E-state index in [2.05, 4.69) is 18.7 Å². The van der Waals surface area contributed by atoms with Crippen LogP contribution in [0.4, 0.5) is 0 Å². The Morgan fingerprint density at radius 1 is 1.09 bits per heavy atom. The highest BCUT2D eigenvalue weighted by atomic mass is 32.2. The largest absolute Gasteiger partial charge is 0.497 e. The zero-order valence-corrected chi connectivity index (χ0v) is 19.2. The molecule has 0 N–H and O–H groups in total. The first-order valence-electron chi connectivity index (χ1n) is 11.0. The standard InChI is InChI=1S/C26H29NO4S/c1-3-17-27(32(29,30)22-13-11-21(31-2)12-14-22)25(28)18-20-19-26(15-7-4-8-16-26)24-10-6-5-9-23(20)24/h3,5-6,9-14,19H,1,4,7-8,15-18H2,2H3. The lowest BCUT2D eigenvalue weighted by Crippen LogP contribution is -2.37. The van der Waals surface area contributed by atoms with E-state index in [4.69, 9.17) is 4.74 Å². The fourth-order valence-electron chi connectivity index (χ4n) is 5.01. The van der Waals surface area contributed by atoms with Crippen molar-refractivity contribution in [3.63, 3.8) is 0 Å². The van der Waals surface area contributed by atoms with Crippen molar-refractivity contribution in [2.75, 3.05) is 13.7 Å². The van der Waals surface area contributed by atoms with Crippen LogP contribution in [-0.2, 0) is 20.2 Å². The summed E-state index contributed by atoms with van der Waals surface area (Å²) in [6.07, 6.45) is 9.44. The molecule has 0 radical (unpaired) electrons. The molecule has 2 aromatic carbocycles. The minimum absolute atomic E-state index is 0.0252. The molecule has 0 atom stereocenters. The number of methoxy groups -OCH3 is 1. The lowest BCUT2D eigenvalue weighted by molar-refractivity contribution is -0.125. The normalized spacial score (nSPS) is 16.8. The molecule has 1 amide bonds. The summed E-state index contributed by atoms with van der Waals surface area (Å²) in [4.78, 5) is 13.4. The molecule has 0 saturated heterocycles. The zero-order valence-electron chi connectivity index (χ0n) is 18.4. The molecule has 6 heteroatoms. The van der Waals surface area contributed by atoms with Crippen LogP contribution in [-0.4, -0.2) is 32.3 Å². The molecular weight excluding hydrogens is 422 g/mol. The van der Waals surface area contributed by atoms with E-state index in [1.807, 2.05) is 18.2 Å². The fourth-order valence-corrected chi connectivity index (χ4v) is 6.37. The zero-order chi connectivity index (χ0) is 22.8. The summed E-state index contributed by atoms with van der Waals surface area (Å²) in [7, 11) is -2.49. The molecule has 2 aliphatic carbocycles. The Morgan fingerprint density at radius 3 is 2.44 bits per heavy atom. The Bertz CT molecular complexity index is 1140. The number of rotatable bonds is 7. The quantitative estimate of drug-likeness (QED) is 0.550. The second-order valence-electron chi connectivity index (χ2n) is 8.50. The average molecular weight is 452 g/mol. The molecule has 0 aromatic heterocycles. The Balaban J connectivity index is 1.64. The molecule has 2 aromatic rings. The third-order valence-electron chi connectivity index (χ3n) is 6.57. The number of nitrogens with zero attached hydrogens (tertiary/aromatic N) is 1. The van der Waals surface area contributed by atoms with Crippen molar-refractivity contribution in [2.45, 2.75) is 48.8 Å². The van der Waals surface area contributed by atoms with E-state index >= 15 is 0 Å². The van der Waals surface area contributed by atoms with E-state index in [-0.39, 0.29) is 23.3 Å². The van der Waals surface area contributed by atoms with Crippen LogP contribution in [0.3, 0.4) is 0 Å². The van der Waals surface area contributed by atoms with Crippen molar-refractivity contribution in [1.82, 2.24) is 4.31 Å². The molecule has 1 spiro atoms. The number of hydrogen-bond acceptors (Lipinski definition) is 4. The number of fused-ring (bicyclic) bond motifs is 2. The van der Waals surface area contributed by atoms with Gasteiger partial charge in [-0.25, -0.2) is 12.7 Å². The summed E-state index contributed by atoms with van der Waals surface area (Å²) < 4.78 is 32.6. The fraction of sp³-hybridized carbons (Fsp3) is 0.346. The van der Waals surface area contributed by atoms with Gasteiger partial charge in [0, 0.05) is 5.41 Å². The van der Waals surface area contributed by atoms with Crippen molar-refractivity contribution in [2.24, 2.45) is 0 Å². The highest BCUT2D eigenvalue weighted by Gasteiger charge is 2.40. The van der Waals surface area contributed by atoms with Gasteiger partial charge >= 0.3 is 0 Å². The SMILES string of the molecule is C=CCN(C(=O)CC1=CC2(CCCCC2)c2ccccc21)S(=O)(=O)c1ccc(OC)cc1. The molecular formula is C26H29NO4S. The Morgan fingerprint density at radius 2 is 1.78 bits per heavy atom. The predicted molar refractivity (Wildman–Crippen MR) is 126 cm³/mol. The van der Waals surface area contributed by atoms with Gasteiger partial charge < -0.3 is 4.74 Å². The molecule has 0 aliphatic heterocycles. The highest BCUT2D eigenvalue weighted by Crippen LogP contribution is 2.50. The van der Waals surface area contributed by atoms with Gasteiger partial charge in [-0.05, 0) is 53.8 Å². The van der Waals surface area contributed by atoms with Crippen molar-refractivity contribution in [3.05, 3.63) is 78.4 Å². The summed E-state index contributed by atoms with van der Waals surface area (Å²) >= 11 is 0. The Kier molecular flexibility index (Phi) is 6.24. The summed E-state index contributed by atoms with van der Waals surface area (Å²) in [6.45, 7) is 3.58. The van der Waals surface area contributed by atoms with Gasteiger partial charge in [0.15, 0.2) is 0 Å². The van der Waals surface area contributed by atoms with Crippen LogP contribution in [0.2, 0.25) is 0 Å². The maximum absolute atomic E-state index is 13.3. The van der Waals surface area contributed by atoms with E-state index in [9.17, 15) is 13.2 Å². The maximum atomic E-state index is 13.3. The van der Waals surface area contributed by atoms with E-state index in [1.54, 1.807) is 12.1 Å². The van der Waals surface area contributed by atoms with Gasteiger partial charge in [-0.1, -0.05) is 55.7 Å². The lowest BCUT2D eigenvalue weighted by atomic mass is 9.71. The van der Waals surface area contributed by atoms with Gasteiger partial charge in [0.05, 0.1) is 25.0 Å². The van der Waals surface area contributed by atoms with Crippen LogP contribution in [0.15, 0.2) is 72.2 Å². The van der Waals surface area contributed by atoms with Crippen molar-refractivity contribution in [3.8, 4) is 5.75 Å². The molecule has 0 bridgehead atoms. The van der Waals surface area contributed by atoms with Crippen molar-refractivity contribution in [1.29, 1.82) is 0 Å². The van der Waals surface area contributed by atoms with Crippen LogP contribution < -0.4 is 4.74 Å². The van der Waals surface area contributed by atoms with Gasteiger partial charge in [-0.15, -0.1) is 6.58 Å². The summed E-state index contributed by atoms with van der Waals surface area (Å²) in [5, 5.41) is 0. The minimum atomic E-state index is -4.01. The lowest BCUT2D eigenvalue weighted by Gasteiger charge is -2.33. The van der Waals surface area contributed by atoms with Gasteiger partial charge in [-0.2, -0.15) is 0 Å². The Hall–Kier alpha value is -2.86. The van der Waals surface area contributed by atoms with E-state index in [0.29, 0.717) is 5.75 Å². The monoisotopic (exact) mass is 451 g/mol. The summed E-state index contributed by atoms with van der Waals surface area (Å²) in [5.41, 5.74) is 3.24. The molecule has 4 rings (SSSR count). The smallest absolute Gasteiger partial charge is 0.266 e. The number of benzene rings is 2. The van der Waals surface area contributed by atoms with Crippen LogP contribution in [0, 0.1) is 0 Å². The molecule has 1 saturated carbocycles. The number of sulfonamides is 1. The summed E-state index contributed by atoms with van der Waals surface area (Å²) in [5.74, 6) is 0.102. The topological polar surface area (TPSA) is 63.7 Å². The van der Waals surface area contributed by atoms with E-state index in [1.165, 1.54) is 50.1 Å². The van der Waals surface area contributed by atoms with Gasteiger partial charge in [0.2, 0.25) is 5.91 Å². The highest BCUT2D eigenvalue weighted by molar-refractivity contribution is 7.89. The first kappa shape index (κ1) is 22.3. The number of allylic oxidation sites excluding steroid dienone is 1. The molecule has 32 heavy (non-hydrogen) atoms. The average Bonchev–Trinajstić information content (AvgIpc) is 3.10. The minimum Gasteiger partial charge on any atom is -0.497 e. The second kappa shape index (κ2) is 8.94. The van der Waals surface area contributed by atoms with Crippen LogP contribution in [0.25, 0.3) is 5.57 Å². The molecule has 0 unspecified atom stereocenters. The van der Waals surface area contributed by atoms with Crippen molar-refractivity contribution >= 4 is 21.5 Å². The number of carbonyl (C=O) groups is 1. The number of carbonyl (C=O) groups excluding carboxylic acids is 1. The van der Waals surface area contributed by atoms with Gasteiger partial charge in [-0.3, -0.25) is 4.79 Å². The first-order chi connectivity index (χ1) is 15.4. The van der Waals surface area contributed by atoms with Crippen molar-refractivity contribution < 1.29 is 17.9 Å². The number of amides is 1. The molecule has 5 nitrogen and oxygen atoms in total. The van der Waals surface area contributed by atoms with Crippen LogP contribution in [0.1, 0.15) is 49.7 Å². The number of ether oxygens (including phenoxy) is 1. The van der Waals surface area contributed by atoms with Crippen LogP contribution >= 0.6 is 0 Å². The third kappa shape index (κ3) is 3.99. The number of hydrogen-bond donors (Lipinski definition) is 0. The molecule has 0 heterocycles. The molecule has 1 fully saturated rings. The van der Waals surface area contributed by atoms with Crippen LogP contribution in [0.5, 0.6) is 5.75 Å². The predicted octanol–water partition coefficient (Wildman–Crippen LogP) is 5.09.